The average molecular weight is 461 g/mol. The van der Waals surface area contributed by atoms with Crippen molar-refractivity contribution in [2.24, 2.45) is 0 Å². The molecule has 0 bridgehead atoms. The number of nitrogens with one attached hydrogen (secondary N) is 1. The molecule has 0 saturated carbocycles. The first-order valence-corrected chi connectivity index (χ1v) is 11.8. The number of amides is 1. The molecule has 0 radical (unpaired) electrons. The van der Waals surface area contributed by atoms with E-state index in [4.69, 9.17) is 14.2 Å². The Kier molecular flexibility index (Phi) is 7.76. The lowest BCUT2D eigenvalue weighted by molar-refractivity contribution is -0.116. The molecular weight excluding hydrogens is 432 g/mol. The largest absolute Gasteiger partial charge is 0.493 e. The molecule has 1 amide bonds. The van der Waals surface area contributed by atoms with Crippen LogP contribution >= 0.6 is 0 Å². The standard InChI is InChI=1S/C23H28N2O6S/c1-29-20-14-17(15-21(30-2)23(20)31-3)8-9-22(26)24-11-13-32(27,28)25-12-10-18-6-4-5-7-19(18)16-25/h4-9,14-15H,10-13,16H2,1-3H3,(H,24,26). The van der Waals surface area contributed by atoms with E-state index < -0.39 is 15.9 Å². The fourth-order valence-corrected chi connectivity index (χ4v) is 4.89. The highest BCUT2D eigenvalue weighted by molar-refractivity contribution is 7.89. The predicted molar refractivity (Wildman–Crippen MR) is 122 cm³/mol. The van der Waals surface area contributed by atoms with Gasteiger partial charge >= 0.3 is 0 Å². The van der Waals surface area contributed by atoms with E-state index in [0.29, 0.717) is 42.3 Å². The number of nitrogens with zero attached hydrogens (tertiary/aromatic N) is 1. The Labute approximate surface area is 188 Å². The third-order valence-corrected chi connectivity index (χ3v) is 7.08. The highest BCUT2D eigenvalue weighted by Crippen LogP contribution is 2.38. The van der Waals surface area contributed by atoms with Crippen LogP contribution in [0.1, 0.15) is 16.7 Å². The second-order valence-corrected chi connectivity index (χ2v) is 9.34. The molecule has 32 heavy (non-hydrogen) atoms. The fourth-order valence-electron chi connectivity index (χ4n) is 3.57. The lowest BCUT2D eigenvalue weighted by atomic mass is 10.0. The summed E-state index contributed by atoms with van der Waals surface area (Å²) >= 11 is 0. The number of carbonyl (C=O) groups is 1. The van der Waals surface area contributed by atoms with Crippen LogP contribution in [0.3, 0.4) is 0 Å². The Balaban J connectivity index is 1.55. The van der Waals surface area contributed by atoms with E-state index in [-0.39, 0.29) is 12.3 Å². The molecule has 0 atom stereocenters. The number of ether oxygens (including phenoxy) is 3. The zero-order valence-corrected chi connectivity index (χ0v) is 19.3. The van der Waals surface area contributed by atoms with Crippen molar-refractivity contribution in [2.75, 3.05) is 40.2 Å². The molecule has 172 valence electrons. The summed E-state index contributed by atoms with van der Waals surface area (Å²) in [5, 5.41) is 2.63. The maximum atomic E-state index is 12.7. The van der Waals surface area contributed by atoms with Crippen LogP contribution in [-0.2, 0) is 27.8 Å². The van der Waals surface area contributed by atoms with Crippen LogP contribution in [0.2, 0.25) is 0 Å². The summed E-state index contributed by atoms with van der Waals surface area (Å²) in [6.45, 7) is 0.848. The van der Waals surface area contributed by atoms with Crippen LogP contribution in [-0.4, -0.2) is 58.8 Å². The maximum absolute atomic E-state index is 12.7. The van der Waals surface area contributed by atoms with Crippen LogP contribution < -0.4 is 19.5 Å². The molecule has 8 nitrogen and oxygen atoms in total. The summed E-state index contributed by atoms with van der Waals surface area (Å²) in [6.07, 6.45) is 3.62. The number of methoxy groups -OCH3 is 3. The van der Waals surface area contributed by atoms with Gasteiger partial charge in [0.15, 0.2) is 11.5 Å². The smallest absolute Gasteiger partial charge is 0.244 e. The van der Waals surface area contributed by atoms with Crippen LogP contribution in [0.25, 0.3) is 6.08 Å². The van der Waals surface area contributed by atoms with Crippen molar-refractivity contribution >= 4 is 22.0 Å². The fraction of sp³-hybridized carbons (Fsp3) is 0.348. The lowest BCUT2D eigenvalue weighted by Crippen LogP contribution is -2.40. The number of carbonyl (C=O) groups excluding carboxylic acids is 1. The van der Waals surface area contributed by atoms with Crippen molar-refractivity contribution in [3.8, 4) is 17.2 Å². The van der Waals surface area contributed by atoms with Gasteiger partial charge in [-0.3, -0.25) is 4.79 Å². The van der Waals surface area contributed by atoms with Crippen LogP contribution in [0, 0.1) is 0 Å². The first kappa shape index (κ1) is 23.6. The average Bonchev–Trinajstić information content (AvgIpc) is 2.81. The van der Waals surface area contributed by atoms with Crippen molar-refractivity contribution in [2.45, 2.75) is 13.0 Å². The van der Waals surface area contributed by atoms with Gasteiger partial charge in [0.1, 0.15) is 0 Å². The van der Waals surface area contributed by atoms with Crippen molar-refractivity contribution in [3.05, 3.63) is 59.2 Å². The molecule has 0 fully saturated rings. The van der Waals surface area contributed by atoms with Gasteiger partial charge in [-0.05, 0) is 41.3 Å². The Bertz CT molecular complexity index is 1070. The normalized spacial score (nSPS) is 14.1. The van der Waals surface area contributed by atoms with Gasteiger partial charge in [-0.1, -0.05) is 24.3 Å². The topological polar surface area (TPSA) is 94.2 Å². The third-order valence-electron chi connectivity index (χ3n) is 5.26. The summed E-state index contributed by atoms with van der Waals surface area (Å²) in [4.78, 5) is 12.2. The van der Waals surface area contributed by atoms with E-state index in [9.17, 15) is 13.2 Å². The molecule has 1 aliphatic rings. The number of benzene rings is 2. The van der Waals surface area contributed by atoms with Gasteiger partial charge in [0.25, 0.3) is 0 Å². The molecule has 1 N–H and O–H groups in total. The van der Waals surface area contributed by atoms with Gasteiger partial charge in [-0.15, -0.1) is 0 Å². The van der Waals surface area contributed by atoms with E-state index in [0.717, 1.165) is 5.56 Å². The number of fused-ring (bicyclic) bond motifs is 1. The highest BCUT2D eigenvalue weighted by atomic mass is 32.2. The van der Waals surface area contributed by atoms with Crippen LogP contribution in [0.15, 0.2) is 42.5 Å². The molecule has 0 aliphatic carbocycles. The van der Waals surface area contributed by atoms with Crippen molar-refractivity contribution in [3.63, 3.8) is 0 Å². The lowest BCUT2D eigenvalue weighted by Gasteiger charge is -2.28. The molecular formula is C23H28N2O6S. The SMILES string of the molecule is COc1cc(C=CC(=O)NCCS(=O)(=O)N2CCc3ccccc3C2)cc(OC)c1OC. The van der Waals surface area contributed by atoms with Gasteiger partial charge in [-0.2, -0.15) is 4.31 Å². The van der Waals surface area contributed by atoms with Gasteiger partial charge in [-0.25, -0.2) is 8.42 Å². The Morgan fingerprint density at radius 3 is 2.34 bits per heavy atom. The second kappa shape index (κ2) is 10.5. The summed E-state index contributed by atoms with van der Waals surface area (Å²) in [7, 11) is 1.07. The van der Waals surface area contributed by atoms with Crippen LogP contribution in [0.4, 0.5) is 0 Å². The predicted octanol–water partition coefficient (Wildman–Crippen LogP) is 2.23. The number of sulfonamides is 1. The molecule has 0 aromatic heterocycles. The zero-order chi connectivity index (χ0) is 23.1. The molecule has 0 unspecified atom stereocenters. The molecule has 0 saturated heterocycles. The molecule has 9 heteroatoms. The van der Waals surface area contributed by atoms with Crippen molar-refractivity contribution < 1.29 is 27.4 Å². The summed E-state index contributed by atoms with van der Waals surface area (Å²) in [5.74, 6) is 0.862. The number of rotatable bonds is 9. The van der Waals surface area contributed by atoms with Gasteiger partial charge in [0.2, 0.25) is 21.7 Å². The first-order chi connectivity index (χ1) is 15.4. The third kappa shape index (κ3) is 5.60. The van der Waals surface area contributed by atoms with E-state index in [1.54, 1.807) is 18.2 Å². The minimum atomic E-state index is -3.47. The molecule has 0 spiro atoms. The van der Waals surface area contributed by atoms with E-state index in [1.165, 1.54) is 37.3 Å². The van der Waals surface area contributed by atoms with Crippen LogP contribution in [0.5, 0.6) is 17.2 Å². The number of hydrogen-bond donors (Lipinski definition) is 1. The highest BCUT2D eigenvalue weighted by Gasteiger charge is 2.26. The first-order valence-electron chi connectivity index (χ1n) is 10.2. The Hall–Kier alpha value is -3.04. The minimum absolute atomic E-state index is 0.0267. The Morgan fingerprint density at radius 1 is 1.06 bits per heavy atom. The second-order valence-electron chi connectivity index (χ2n) is 7.25. The van der Waals surface area contributed by atoms with E-state index in [1.807, 2.05) is 24.3 Å². The Morgan fingerprint density at radius 2 is 1.72 bits per heavy atom. The minimum Gasteiger partial charge on any atom is -0.493 e. The monoisotopic (exact) mass is 460 g/mol. The van der Waals surface area contributed by atoms with Crippen molar-refractivity contribution in [1.82, 2.24) is 9.62 Å². The summed E-state index contributed by atoms with van der Waals surface area (Å²) in [5.41, 5.74) is 2.89. The van der Waals surface area contributed by atoms with Gasteiger partial charge < -0.3 is 19.5 Å². The summed E-state index contributed by atoms with van der Waals surface area (Å²) in [6, 6.07) is 11.3. The zero-order valence-electron chi connectivity index (χ0n) is 18.5. The summed E-state index contributed by atoms with van der Waals surface area (Å²) < 4.78 is 42.7. The molecule has 1 aliphatic heterocycles. The molecule has 2 aromatic carbocycles. The molecule has 3 rings (SSSR count). The number of hydrogen-bond acceptors (Lipinski definition) is 6. The van der Waals surface area contributed by atoms with Gasteiger partial charge in [0.05, 0.1) is 27.1 Å². The van der Waals surface area contributed by atoms with Crippen molar-refractivity contribution in [1.29, 1.82) is 0 Å². The van der Waals surface area contributed by atoms with Gasteiger partial charge in [0, 0.05) is 25.7 Å². The van der Waals surface area contributed by atoms with E-state index in [2.05, 4.69) is 5.32 Å². The van der Waals surface area contributed by atoms with E-state index >= 15 is 0 Å². The molecule has 2 aromatic rings. The maximum Gasteiger partial charge on any atom is 0.244 e. The quantitative estimate of drug-likeness (QED) is 0.577. The molecule has 1 heterocycles.